The first kappa shape index (κ1) is 28.5. The molecular weight excluding hydrogens is 528 g/mol. The summed E-state index contributed by atoms with van der Waals surface area (Å²) in [4.78, 5) is 4.93. The van der Waals surface area contributed by atoms with Gasteiger partial charge in [0.15, 0.2) is 0 Å². The Morgan fingerprint density at radius 1 is 0.907 bits per heavy atom. The molecule has 4 aromatic carbocycles. The summed E-state index contributed by atoms with van der Waals surface area (Å²) in [5, 5.41) is 25.6. The monoisotopic (exact) mass is 566 g/mol. The van der Waals surface area contributed by atoms with E-state index in [1.54, 1.807) is 0 Å². The van der Waals surface area contributed by atoms with Gasteiger partial charge in [0, 0.05) is 12.7 Å². The fourth-order valence-corrected chi connectivity index (χ4v) is 6.93. The normalized spacial score (nSPS) is 18.6. The molecule has 216 valence electrons. The Morgan fingerprint density at radius 2 is 1.51 bits per heavy atom. The van der Waals surface area contributed by atoms with Gasteiger partial charge in [-0.25, -0.2) is 4.98 Å². The second-order valence-electron chi connectivity index (χ2n) is 11.6. The van der Waals surface area contributed by atoms with Crippen molar-refractivity contribution < 1.29 is 5.11 Å². The highest BCUT2D eigenvalue weighted by molar-refractivity contribution is 5.64. The average Bonchev–Trinajstić information content (AvgIpc) is 3.57. The molecule has 2 atom stereocenters. The van der Waals surface area contributed by atoms with Crippen LogP contribution in [0.5, 0.6) is 0 Å². The molecule has 1 heterocycles. The summed E-state index contributed by atoms with van der Waals surface area (Å²) in [5.41, 5.74) is 4.93. The van der Waals surface area contributed by atoms with Gasteiger partial charge in [-0.05, 0) is 66.3 Å². The maximum Gasteiger partial charge on any atom is 0.121 e. The molecule has 2 unspecified atom stereocenters. The summed E-state index contributed by atoms with van der Waals surface area (Å²) in [7, 11) is 0. The van der Waals surface area contributed by atoms with Crippen molar-refractivity contribution in [2.75, 3.05) is 11.9 Å². The predicted molar refractivity (Wildman–Crippen MR) is 172 cm³/mol. The number of para-hydroxylation sites is 1. The highest BCUT2D eigenvalue weighted by Crippen LogP contribution is 2.47. The lowest BCUT2D eigenvalue weighted by atomic mass is 9.73. The third kappa shape index (κ3) is 5.24. The van der Waals surface area contributed by atoms with E-state index in [0.29, 0.717) is 24.1 Å². The maximum absolute atomic E-state index is 12.3. The van der Waals surface area contributed by atoms with Crippen LogP contribution in [0.4, 0.5) is 5.69 Å². The van der Waals surface area contributed by atoms with Gasteiger partial charge in [-0.1, -0.05) is 110 Å². The number of rotatable bonds is 9. The van der Waals surface area contributed by atoms with Gasteiger partial charge in [0.1, 0.15) is 17.2 Å². The van der Waals surface area contributed by atoms with Crippen molar-refractivity contribution in [3.8, 4) is 6.07 Å². The highest BCUT2D eigenvalue weighted by atomic mass is 16.3. The third-order valence-corrected chi connectivity index (χ3v) is 8.96. The summed E-state index contributed by atoms with van der Waals surface area (Å²) >= 11 is 0. The molecule has 0 radical (unpaired) electrons. The number of anilines is 1. The molecule has 0 saturated heterocycles. The Bertz CT molecular complexity index is 1590. The van der Waals surface area contributed by atoms with E-state index < -0.39 is 11.1 Å². The lowest BCUT2D eigenvalue weighted by molar-refractivity contribution is -0.0120. The van der Waals surface area contributed by atoms with Crippen molar-refractivity contribution in [1.29, 1.82) is 5.26 Å². The van der Waals surface area contributed by atoms with E-state index in [4.69, 9.17) is 4.98 Å². The van der Waals surface area contributed by atoms with Crippen LogP contribution in [-0.2, 0) is 11.1 Å². The van der Waals surface area contributed by atoms with E-state index in [-0.39, 0.29) is 5.92 Å². The van der Waals surface area contributed by atoms with Crippen LogP contribution < -0.4 is 5.32 Å². The van der Waals surface area contributed by atoms with Crippen LogP contribution in [0.2, 0.25) is 0 Å². The van der Waals surface area contributed by atoms with Crippen LogP contribution in [0, 0.1) is 11.3 Å². The quantitative estimate of drug-likeness (QED) is 0.178. The Hall–Kier alpha value is -4.66. The summed E-state index contributed by atoms with van der Waals surface area (Å²) in [6.45, 7) is 2.92. The van der Waals surface area contributed by atoms with Crippen molar-refractivity contribution in [2.24, 2.45) is 0 Å². The zero-order chi connectivity index (χ0) is 29.7. The summed E-state index contributed by atoms with van der Waals surface area (Å²) in [6, 6.07) is 39.9. The van der Waals surface area contributed by atoms with E-state index >= 15 is 0 Å². The molecule has 1 saturated carbocycles. The predicted octanol–water partition coefficient (Wildman–Crippen LogP) is 7.96. The number of nitriles is 1. The van der Waals surface area contributed by atoms with Gasteiger partial charge >= 0.3 is 0 Å². The van der Waals surface area contributed by atoms with Gasteiger partial charge in [-0.2, -0.15) is 5.26 Å². The van der Waals surface area contributed by atoms with Crippen molar-refractivity contribution in [3.05, 3.63) is 155 Å². The van der Waals surface area contributed by atoms with E-state index in [1.165, 1.54) is 0 Å². The Labute approximate surface area is 254 Å². The Balaban J connectivity index is 1.45. The summed E-state index contributed by atoms with van der Waals surface area (Å²) in [5.74, 6) is 0.110. The average molecular weight is 567 g/mol. The zero-order valence-electron chi connectivity index (χ0n) is 24.7. The summed E-state index contributed by atoms with van der Waals surface area (Å²) < 4.78 is 2.18. The van der Waals surface area contributed by atoms with Crippen LogP contribution in [0.3, 0.4) is 0 Å². The first-order valence-electron chi connectivity index (χ1n) is 15.3. The smallest absolute Gasteiger partial charge is 0.121 e. The van der Waals surface area contributed by atoms with Gasteiger partial charge in [-0.3, -0.25) is 0 Å². The van der Waals surface area contributed by atoms with Crippen molar-refractivity contribution in [3.63, 3.8) is 0 Å². The zero-order valence-corrected chi connectivity index (χ0v) is 24.7. The Kier molecular flexibility index (Phi) is 8.13. The largest absolute Gasteiger partial charge is 0.384 e. The third-order valence-electron chi connectivity index (χ3n) is 8.96. The lowest BCUT2D eigenvalue weighted by Crippen LogP contribution is -2.37. The second kappa shape index (κ2) is 12.3. The fraction of sp³-hybridized carbons (Fsp3) is 0.263. The molecular formula is C38H38N4O. The second-order valence-corrected chi connectivity index (χ2v) is 11.6. The molecule has 2 N–H and O–H groups in total. The molecule has 1 fully saturated rings. The molecule has 0 amide bonds. The molecule has 1 aromatic heterocycles. The Morgan fingerprint density at radius 3 is 2.07 bits per heavy atom. The van der Waals surface area contributed by atoms with Gasteiger partial charge in [0.2, 0.25) is 0 Å². The molecule has 5 nitrogen and oxygen atoms in total. The van der Waals surface area contributed by atoms with E-state index in [0.717, 1.165) is 53.7 Å². The summed E-state index contributed by atoms with van der Waals surface area (Å²) in [6.07, 6.45) is 7.93. The van der Waals surface area contributed by atoms with E-state index in [1.807, 2.05) is 36.7 Å². The van der Waals surface area contributed by atoms with Gasteiger partial charge in [-0.15, -0.1) is 0 Å². The number of benzene rings is 4. The van der Waals surface area contributed by atoms with Crippen LogP contribution in [0.25, 0.3) is 0 Å². The molecule has 43 heavy (non-hydrogen) atoms. The fourth-order valence-electron chi connectivity index (χ4n) is 6.93. The first-order chi connectivity index (χ1) is 21.1. The maximum atomic E-state index is 12.3. The number of nitrogens with one attached hydrogen (secondary N) is 1. The lowest BCUT2D eigenvalue weighted by Gasteiger charge is -2.38. The number of hydrogen-bond donors (Lipinski definition) is 2. The number of hydrogen-bond acceptors (Lipinski definition) is 4. The SMILES string of the molecule is CCCNc1c(C#N)cccc1C1CCCC(O)(c2cn(C(c3ccccc3)(c3ccccc3)c3ccccc3)cn2)C1. The van der Waals surface area contributed by atoms with Crippen LogP contribution in [0.15, 0.2) is 122 Å². The van der Waals surface area contributed by atoms with Crippen LogP contribution in [0.1, 0.15) is 78.5 Å². The van der Waals surface area contributed by atoms with Crippen LogP contribution in [-0.4, -0.2) is 21.2 Å². The minimum atomic E-state index is -1.09. The van der Waals surface area contributed by atoms with Gasteiger partial charge < -0.3 is 15.0 Å². The van der Waals surface area contributed by atoms with E-state index in [2.05, 4.69) is 108 Å². The van der Waals surface area contributed by atoms with Crippen molar-refractivity contribution >= 4 is 5.69 Å². The minimum absolute atomic E-state index is 0.110. The number of aromatic nitrogens is 2. The number of imidazole rings is 1. The molecule has 1 aliphatic rings. The highest BCUT2D eigenvalue weighted by Gasteiger charge is 2.42. The van der Waals surface area contributed by atoms with E-state index in [9.17, 15) is 10.4 Å². The first-order valence-corrected chi connectivity index (χ1v) is 15.3. The molecule has 1 aliphatic carbocycles. The van der Waals surface area contributed by atoms with Crippen molar-refractivity contribution in [1.82, 2.24) is 9.55 Å². The standard InChI is InChI=1S/C38H38N4O/c1-2-24-40-36-30(26-39)14-12-22-34(36)29-15-13-23-37(43,25-29)35-27-42(28-41-35)38(31-16-6-3-7-17-31,32-18-8-4-9-19-32)33-20-10-5-11-21-33/h3-12,14,16-22,27-29,40,43H,2,13,15,23-25H2,1H3. The van der Waals surface area contributed by atoms with Crippen LogP contribution >= 0.6 is 0 Å². The molecule has 5 aromatic rings. The number of aliphatic hydroxyl groups is 1. The minimum Gasteiger partial charge on any atom is -0.384 e. The molecule has 6 rings (SSSR count). The number of nitrogens with zero attached hydrogens (tertiary/aromatic N) is 3. The van der Waals surface area contributed by atoms with Gasteiger partial charge in [0.25, 0.3) is 0 Å². The van der Waals surface area contributed by atoms with Gasteiger partial charge in [0.05, 0.1) is 23.3 Å². The molecule has 0 bridgehead atoms. The molecule has 0 spiro atoms. The molecule has 5 heteroatoms. The topological polar surface area (TPSA) is 73.9 Å². The van der Waals surface area contributed by atoms with Crippen molar-refractivity contribution in [2.45, 2.75) is 56.1 Å². The molecule has 0 aliphatic heterocycles.